The Bertz CT molecular complexity index is 1100. The molecule has 3 N–H and O–H groups in total. The van der Waals surface area contributed by atoms with Crippen molar-refractivity contribution < 1.29 is 17.6 Å². The Labute approximate surface area is 175 Å². The molecule has 1 amide bonds. The van der Waals surface area contributed by atoms with Crippen LogP contribution in [0.4, 0.5) is 10.1 Å². The molecule has 0 aliphatic carbocycles. The van der Waals surface area contributed by atoms with Crippen LogP contribution >= 0.6 is 0 Å². The lowest BCUT2D eigenvalue weighted by Crippen LogP contribution is -2.35. The molecule has 0 aliphatic heterocycles. The minimum Gasteiger partial charge on any atom is -0.356 e. The molecule has 8 heteroatoms. The number of aromatic nitrogens is 1. The van der Waals surface area contributed by atoms with E-state index in [0.29, 0.717) is 0 Å². The maximum absolute atomic E-state index is 13.7. The Morgan fingerprint density at radius 2 is 1.80 bits per heavy atom. The van der Waals surface area contributed by atoms with Gasteiger partial charge in [0.2, 0.25) is 0 Å². The fourth-order valence-electron chi connectivity index (χ4n) is 3.04. The fraction of sp³-hybridized carbons (Fsp3) is 0.227. The van der Waals surface area contributed by atoms with Gasteiger partial charge in [0.15, 0.2) is 0 Å². The standard InChI is InChI=1S/C22H24FN3O3S/c1-2-17(13-12-16-8-4-3-5-9-16)25-22(27)21-14-18(15-24-21)30(28,29)26-20-11-7-6-10-19(20)23/h3-11,14-15,17,24,26H,2,12-13H2,1H3,(H,25,27). The van der Waals surface area contributed by atoms with Gasteiger partial charge in [0.25, 0.3) is 15.9 Å². The first kappa shape index (κ1) is 21.6. The van der Waals surface area contributed by atoms with Crippen molar-refractivity contribution in [1.29, 1.82) is 0 Å². The highest BCUT2D eigenvalue weighted by atomic mass is 32.2. The Balaban J connectivity index is 1.64. The summed E-state index contributed by atoms with van der Waals surface area (Å²) in [5.74, 6) is -1.07. The Morgan fingerprint density at radius 3 is 2.50 bits per heavy atom. The molecule has 0 saturated carbocycles. The number of amides is 1. The number of aryl methyl sites for hydroxylation is 1. The van der Waals surface area contributed by atoms with Crippen LogP contribution in [0, 0.1) is 5.82 Å². The molecule has 0 bridgehead atoms. The van der Waals surface area contributed by atoms with E-state index in [2.05, 4.69) is 15.0 Å². The summed E-state index contributed by atoms with van der Waals surface area (Å²) >= 11 is 0. The Kier molecular flexibility index (Phi) is 6.89. The molecule has 3 rings (SSSR count). The molecule has 30 heavy (non-hydrogen) atoms. The van der Waals surface area contributed by atoms with Gasteiger partial charge in [0.05, 0.1) is 5.69 Å². The molecule has 0 radical (unpaired) electrons. The number of hydrogen-bond donors (Lipinski definition) is 3. The zero-order chi connectivity index (χ0) is 21.6. The lowest BCUT2D eigenvalue weighted by Gasteiger charge is -2.16. The summed E-state index contributed by atoms with van der Waals surface area (Å²) in [7, 11) is -4.03. The van der Waals surface area contributed by atoms with Crippen molar-refractivity contribution >= 4 is 21.6 Å². The van der Waals surface area contributed by atoms with Crippen LogP contribution in [0.3, 0.4) is 0 Å². The zero-order valence-corrected chi connectivity index (χ0v) is 17.4. The van der Waals surface area contributed by atoms with Gasteiger partial charge in [-0.1, -0.05) is 49.4 Å². The molecule has 0 aliphatic rings. The molecule has 0 spiro atoms. The van der Waals surface area contributed by atoms with Crippen LogP contribution in [0.25, 0.3) is 0 Å². The van der Waals surface area contributed by atoms with E-state index in [1.165, 1.54) is 36.0 Å². The lowest BCUT2D eigenvalue weighted by molar-refractivity contribution is 0.0929. The molecule has 2 aromatic carbocycles. The van der Waals surface area contributed by atoms with E-state index in [0.717, 1.165) is 25.3 Å². The van der Waals surface area contributed by atoms with Gasteiger partial charge in [-0.3, -0.25) is 9.52 Å². The summed E-state index contributed by atoms with van der Waals surface area (Å²) < 4.78 is 40.9. The van der Waals surface area contributed by atoms with Crippen molar-refractivity contribution in [3.8, 4) is 0 Å². The largest absolute Gasteiger partial charge is 0.356 e. The van der Waals surface area contributed by atoms with E-state index in [1.807, 2.05) is 37.3 Å². The Hall–Kier alpha value is -3.13. The second kappa shape index (κ2) is 9.58. The van der Waals surface area contributed by atoms with Gasteiger partial charge in [-0.25, -0.2) is 12.8 Å². The van der Waals surface area contributed by atoms with Crippen LogP contribution in [0.1, 0.15) is 35.8 Å². The summed E-state index contributed by atoms with van der Waals surface area (Å²) in [5, 5.41) is 2.93. The van der Waals surface area contributed by atoms with Gasteiger partial charge in [-0.2, -0.15) is 0 Å². The molecule has 6 nitrogen and oxygen atoms in total. The van der Waals surface area contributed by atoms with Gasteiger partial charge < -0.3 is 10.3 Å². The molecule has 1 unspecified atom stereocenters. The molecule has 0 fully saturated rings. The minimum absolute atomic E-state index is 0.0439. The van der Waals surface area contributed by atoms with E-state index < -0.39 is 15.8 Å². The van der Waals surface area contributed by atoms with Crippen molar-refractivity contribution in [2.75, 3.05) is 4.72 Å². The number of carbonyl (C=O) groups excluding carboxylic acids is 1. The molecular weight excluding hydrogens is 405 g/mol. The second-order valence-electron chi connectivity index (χ2n) is 6.94. The molecular formula is C22H24FN3O3S. The van der Waals surface area contributed by atoms with Crippen molar-refractivity contribution in [3.05, 3.63) is 83.9 Å². The highest BCUT2D eigenvalue weighted by Gasteiger charge is 2.21. The number of halogens is 1. The van der Waals surface area contributed by atoms with Crippen LogP contribution in [0.15, 0.2) is 71.8 Å². The van der Waals surface area contributed by atoms with E-state index >= 15 is 0 Å². The first-order valence-corrected chi connectivity index (χ1v) is 11.2. The monoisotopic (exact) mass is 429 g/mol. The van der Waals surface area contributed by atoms with Gasteiger partial charge >= 0.3 is 0 Å². The topological polar surface area (TPSA) is 91.1 Å². The molecule has 0 saturated heterocycles. The van der Waals surface area contributed by atoms with Gasteiger partial charge in [-0.15, -0.1) is 0 Å². The zero-order valence-electron chi connectivity index (χ0n) is 16.6. The average molecular weight is 430 g/mol. The number of anilines is 1. The van der Waals surface area contributed by atoms with Crippen LogP contribution in [0.2, 0.25) is 0 Å². The van der Waals surface area contributed by atoms with Crippen LogP contribution in [0.5, 0.6) is 0 Å². The molecule has 1 heterocycles. The second-order valence-corrected chi connectivity index (χ2v) is 8.62. The number of hydrogen-bond acceptors (Lipinski definition) is 3. The number of para-hydroxylation sites is 1. The van der Waals surface area contributed by atoms with Crippen LogP contribution < -0.4 is 10.0 Å². The molecule has 158 valence electrons. The van der Waals surface area contributed by atoms with E-state index in [4.69, 9.17) is 0 Å². The Morgan fingerprint density at radius 1 is 1.10 bits per heavy atom. The van der Waals surface area contributed by atoms with Crippen LogP contribution in [-0.4, -0.2) is 25.4 Å². The number of benzene rings is 2. The number of nitrogens with one attached hydrogen (secondary N) is 3. The maximum atomic E-state index is 13.7. The van der Waals surface area contributed by atoms with E-state index in [1.54, 1.807) is 0 Å². The highest BCUT2D eigenvalue weighted by molar-refractivity contribution is 7.92. The van der Waals surface area contributed by atoms with Gasteiger partial charge in [-0.05, 0) is 43.0 Å². The molecule has 1 atom stereocenters. The number of sulfonamides is 1. The summed E-state index contributed by atoms with van der Waals surface area (Å²) in [6.45, 7) is 1.98. The number of rotatable bonds is 9. The summed E-state index contributed by atoms with van der Waals surface area (Å²) in [4.78, 5) is 15.1. The number of H-pyrrole nitrogens is 1. The highest BCUT2D eigenvalue weighted by Crippen LogP contribution is 2.19. The van der Waals surface area contributed by atoms with Gasteiger partial charge in [0.1, 0.15) is 16.4 Å². The third-order valence-corrected chi connectivity index (χ3v) is 6.13. The van der Waals surface area contributed by atoms with Crippen molar-refractivity contribution in [2.24, 2.45) is 0 Å². The fourth-order valence-corrected chi connectivity index (χ4v) is 4.10. The van der Waals surface area contributed by atoms with Crippen molar-refractivity contribution in [1.82, 2.24) is 10.3 Å². The normalized spacial score (nSPS) is 12.3. The number of carbonyl (C=O) groups is 1. The first-order valence-electron chi connectivity index (χ1n) is 9.69. The van der Waals surface area contributed by atoms with Gasteiger partial charge in [0, 0.05) is 12.2 Å². The minimum atomic E-state index is -4.03. The molecule has 1 aromatic heterocycles. The third-order valence-electron chi connectivity index (χ3n) is 4.78. The maximum Gasteiger partial charge on any atom is 0.267 e. The number of aromatic amines is 1. The average Bonchev–Trinajstić information content (AvgIpc) is 3.25. The quantitative estimate of drug-likeness (QED) is 0.478. The SMILES string of the molecule is CCC(CCc1ccccc1)NC(=O)c1cc(S(=O)(=O)Nc2ccccc2F)c[nH]1. The predicted octanol–water partition coefficient (Wildman–Crippen LogP) is 4.10. The smallest absolute Gasteiger partial charge is 0.267 e. The van der Waals surface area contributed by atoms with Crippen LogP contribution in [-0.2, 0) is 16.4 Å². The van der Waals surface area contributed by atoms with E-state index in [9.17, 15) is 17.6 Å². The van der Waals surface area contributed by atoms with Crippen molar-refractivity contribution in [2.45, 2.75) is 37.1 Å². The third kappa shape index (κ3) is 5.48. The summed E-state index contributed by atoms with van der Waals surface area (Å²) in [6, 6.07) is 16.7. The lowest BCUT2D eigenvalue weighted by atomic mass is 10.0. The summed E-state index contributed by atoms with van der Waals surface area (Å²) in [5.41, 5.74) is 1.16. The molecule has 3 aromatic rings. The first-order chi connectivity index (χ1) is 14.4. The summed E-state index contributed by atoms with van der Waals surface area (Å²) in [6.07, 6.45) is 3.56. The van der Waals surface area contributed by atoms with Crippen molar-refractivity contribution in [3.63, 3.8) is 0 Å². The van der Waals surface area contributed by atoms with E-state index in [-0.39, 0.29) is 28.2 Å². The predicted molar refractivity (Wildman–Crippen MR) is 114 cm³/mol.